The van der Waals surface area contributed by atoms with Crippen molar-refractivity contribution >= 4 is 5.91 Å². The number of carbonyl (C=O) groups is 1. The van der Waals surface area contributed by atoms with Crippen molar-refractivity contribution in [2.75, 3.05) is 19.8 Å². The van der Waals surface area contributed by atoms with Gasteiger partial charge in [-0.05, 0) is 18.4 Å². The average molecular weight is 301 g/mol. The molecule has 22 heavy (non-hydrogen) atoms. The first kappa shape index (κ1) is 15.3. The third kappa shape index (κ3) is 3.23. The second-order valence-corrected chi connectivity index (χ2v) is 5.89. The molecule has 118 valence electrons. The summed E-state index contributed by atoms with van der Waals surface area (Å²) in [5.74, 6) is 0.162. The van der Waals surface area contributed by atoms with Crippen LogP contribution < -0.4 is 0 Å². The molecule has 4 heteroatoms. The molecule has 2 bridgehead atoms. The maximum Gasteiger partial charge on any atom is 0.227 e. The van der Waals surface area contributed by atoms with E-state index in [0.717, 1.165) is 18.4 Å². The minimum atomic E-state index is -0.0276. The zero-order valence-corrected chi connectivity index (χ0v) is 12.8. The molecular formula is C18H23NO3. The maximum atomic E-state index is 12.7. The van der Waals surface area contributed by atoms with Crippen molar-refractivity contribution < 1.29 is 14.3 Å². The molecule has 1 aromatic carbocycles. The quantitative estimate of drug-likeness (QED) is 0.783. The number of benzene rings is 1. The Bertz CT molecular complexity index is 516. The number of hydrogen-bond donors (Lipinski definition) is 0. The fourth-order valence-electron chi connectivity index (χ4n) is 3.47. The molecule has 1 aliphatic heterocycles. The Labute approximate surface area is 131 Å². The van der Waals surface area contributed by atoms with Crippen LogP contribution in [-0.4, -0.2) is 48.8 Å². The van der Waals surface area contributed by atoms with Crippen LogP contribution in [0, 0.1) is 0 Å². The van der Waals surface area contributed by atoms with E-state index < -0.39 is 0 Å². The molecule has 1 amide bonds. The van der Waals surface area contributed by atoms with Crippen molar-refractivity contribution in [3.8, 4) is 0 Å². The number of amides is 1. The largest absolute Gasteiger partial charge is 0.374 e. The van der Waals surface area contributed by atoms with Crippen LogP contribution in [0.15, 0.2) is 43.0 Å². The monoisotopic (exact) mass is 301 g/mol. The summed E-state index contributed by atoms with van der Waals surface area (Å²) in [4.78, 5) is 14.7. The molecule has 0 radical (unpaired) electrons. The molecule has 0 aromatic heterocycles. The van der Waals surface area contributed by atoms with Crippen molar-refractivity contribution in [2.24, 2.45) is 0 Å². The standard InChI is InChI=1S/C18H23NO3/c1-2-11-22-18-15-8-9-16(18)21-12-10-19(15)17(20)13-14-6-4-3-5-7-14/h2-7,15-16,18H,1,8-13H2/t15-,16-,18-/m1/s1. The lowest BCUT2D eigenvalue weighted by molar-refractivity contribution is -0.134. The molecule has 2 aliphatic rings. The number of carbonyl (C=O) groups excluding carboxylic acids is 1. The van der Waals surface area contributed by atoms with E-state index in [1.54, 1.807) is 6.08 Å². The van der Waals surface area contributed by atoms with Crippen molar-refractivity contribution in [3.05, 3.63) is 48.6 Å². The second-order valence-electron chi connectivity index (χ2n) is 5.89. The molecule has 3 atom stereocenters. The van der Waals surface area contributed by atoms with Gasteiger partial charge in [-0.25, -0.2) is 0 Å². The van der Waals surface area contributed by atoms with Crippen molar-refractivity contribution in [1.29, 1.82) is 0 Å². The summed E-state index contributed by atoms with van der Waals surface area (Å²) < 4.78 is 11.8. The lowest BCUT2D eigenvalue weighted by atomic mass is 10.1. The number of nitrogens with zero attached hydrogens (tertiary/aromatic N) is 1. The van der Waals surface area contributed by atoms with Gasteiger partial charge >= 0.3 is 0 Å². The van der Waals surface area contributed by atoms with E-state index in [4.69, 9.17) is 9.47 Å². The van der Waals surface area contributed by atoms with Crippen LogP contribution in [-0.2, 0) is 20.7 Å². The molecule has 1 aromatic rings. The first-order valence-corrected chi connectivity index (χ1v) is 7.97. The third-order valence-electron chi connectivity index (χ3n) is 4.48. The van der Waals surface area contributed by atoms with E-state index in [1.807, 2.05) is 35.2 Å². The van der Waals surface area contributed by atoms with Gasteiger partial charge in [-0.15, -0.1) is 6.58 Å². The predicted octanol–water partition coefficient (Wildman–Crippen LogP) is 2.19. The maximum absolute atomic E-state index is 12.7. The first-order chi connectivity index (χ1) is 10.8. The van der Waals surface area contributed by atoms with Crippen LogP contribution in [0.25, 0.3) is 0 Å². The van der Waals surface area contributed by atoms with Crippen LogP contribution in [0.1, 0.15) is 18.4 Å². The normalized spacial score (nSPS) is 27.5. The molecule has 0 spiro atoms. The lowest BCUT2D eigenvalue weighted by Gasteiger charge is -2.31. The van der Waals surface area contributed by atoms with E-state index in [1.165, 1.54) is 0 Å². The minimum absolute atomic E-state index is 0.0276. The highest BCUT2D eigenvalue weighted by Gasteiger charge is 2.44. The van der Waals surface area contributed by atoms with E-state index in [0.29, 0.717) is 26.2 Å². The molecular weight excluding hydrogens is 278 g/mol. The molecule has 0 N–H and O–H groups in total. The molecule has 1 aliphatic carbocycles. The SMILES string of the molecule is C=CCO[C@@H]1[C@H]2CC[C@H]1OCCN2C(=O)Cc1ccccc1. The van der Waals surface area contributed by atoms with Gasteiger partial charge in [-0.1, -0.05) is 36.4 Å². The summed E-state index contributed by atoms with van der Waals surface area (Å²) in [6.45, 7) is 5.45. The smallest absolute Gasteiger partial charge is 0.227 e. The van der Waals surface area contributed by atoms with Gasteiger partial charge in [-0.2, -0.15) is 0 Å². The fraction of sp³-hybridized carbons (Fsp3) is 0.500. The number of fused-ring (bicyclic) bond motifs is 2. The highest BCUT2D eigenvalue weighted by molar-refractivity contribution is 5.79. The Morgan fingerprint density at radius 1 is 1.36 bits per heavy atom. The summed E-state index contributed by atoms with van der Waals surface area (Å²) in [5.41, 5.74) is 1.05. The van der Waals surface area contributed by atoms with E-state index in [2.05, 4.69) is 6.58 Å². The number of hydrogen-bond acceptors (Lipinski definition) is 3. The van der Waals surface area contributed by atoms with Gasteiger partial charge in [0.2, 0.25) is 5.91 Å². The Balaban J connectivity index is 1.71. The van der Waals surface area contributed by atoms with Crippen LogP contribution in [0.3, 0.4) is 0 Å². The molecule has 3 rings (SSSR count). The zero-order valence-electron chi connectivity index (χ0n) is 12.8. The van der Waals surface area contributed by atoms with E-state index in [-0.39, 0.29) is 24.2 Å². The van der Waals surface area contributed by atoms with Gasteiger partial charge < -0.3 is 14.4 Å². The van der Waals surface area contributed by atoms with Crippen molar-refractivity contribution in [3.63, 3.8) is 0 Å². The van der Waals surface area contributed by atoms with Crippen LogP contribution >= 0.6 is 0 Å². The summed E-state index contributed by atoms with van der Waals surface area (Å²) in [6, 6.07) is 10.0. The average Bonchev–Trinajstić information content (AvgIpc) is 2.81. The molecule has 4 nitrogen and oxygen atoms in total. The Morgan fingerprint density at radius 3 is 2.95 bits per heavy atom. The van der Waals surface area contributed by atoms with Crippen molar-refractivity contribution in [1.82, 2.24) is 4.90 Å². The zero-order chi connectivity index (χ0) is 15.4. The molecule has 1 heterocycles. The summed E-state index contributed by atoms with van der Waals surface area (Å²) in [7, 11) is 0. The van der Waals surface area contributed by atoms with Gasteiger partial charge in [-0.3, -0.25) is 4.79 Å². The van der Waals surface area contributed by atoms with E-state index in [9.17, 15) is 4.79 Å². The van der Waals surface area contributed by atoms with Crippen LogP contribution in [0.5, 0.6) is 0 Å². The highest BCUT2D eigenvalue weighted by Crippen LogP contribution is 2.32. The molecule has 2 fully saturated rings. The lowest BCUT2D eigenvalue weighted by Crippen LogP contribution is -2.47. The highest BCUT2D eigenvalue weighted by atomic mass is 16.5. The van der Waals surface area contributed by atoms with Crippen molar-refractivity contribution in [2.45, 2.75) is 37.5 Å². The predicted molar refractivity (Wildman–Crippen MR) is 84.6 cm³/mol. The van der Waals surface area contributed by atoms with Gasteiger partial charge in [0.05, 0.1) is 31.8 Å². The summed E-state index contributed by atoms with van der Waals surface area (Å²) in [6.07, 6.45) is 4.19. The van der Waals surface area contributed by atoms with Crippen LogP contribution in [0.2, 0.25) is 0 Å². The molecule has 0 unspecified atom stereocenters. The second kappa shape index (κ2) is 7.07. The van der Waals surface area contributed by atoms with E-state index >= 15 is 0 Å². The van der Waals surface area contributed by atoms with Gasteiger partial charge in [0, 0.05) is 6.54 Å². The van der Waals surface area contributed by atoms with Crippen LogP contribution in [0.4, 0.5) is 0 Å². The van der Waals surface area contributed by atoms with Gasteiger partial charge in [0.15, 0.2) is 0 Å². The summed E-state index contributed by atoms with van der Waals surface area (Å²) >= 11 is 0. The minimum Gasteiger partial charge on any atom is -0.374 e. The first-order valence-electron chi connectivity index (χ1n) is 7.97. The number of ether oxygens (including phenoxy) is 2. The van der Waals surface area contributed by atoms with Gasteiger partial charge in [0.25, 0.3) is 0 Å². The molecule has 1 saturated carbocycles. The summed E-state index contributed by atoms with van der Waals surface area (Å²) in [5, 5.41) is 0. The molecule has 1 saturated heterocycles. The fourth-order valence-corrected chi connectivity index (χ4v) is 3.47. The number of rotatable bonds is 5. The Morgan fingerprint density at radius 2 is 2.18 bits per heavy atom. The topological polar surface area (TPSA) is 38.8 Å². The van der Waals surface area contributed by atoms with Gasteiger partial charge in [0.1, 0.15) is 6.10 Å². The third-order valence-corrected chi connectivity index (χ3v) is 4.48. The Hall–Kier alpha value is -1.65. The Kier molecular flexibility index (Phi) is 4.90.